The topological polar surface area (TPSA) is 9.23 Å². The quantitative estimate of drug-likeness (QED) is 0.550. The molecule has 1 heteroatoms. The molecule has 0 fully saturated rings. The van der Waals surface area contributed by atoms with Crippen molar-refractivity contribution in [2.24, 2.45) is 0 Å². The van der Waals surface area contributed by atoms with Crippen molar-refractivity contribution in [2.45, 2.75) is 46.1 Å². The molecule has 0 aliphatic rings. The van der Waals surface area contributed by atoms with Gasteiger partial charge in [-0.3, -0.25) is 0 Å². The molecule has 0 aromatic carbocycles. The van der Waals surface area contributed by atoms with E-state index in [0.717, 1.165) is 18.6 Å². The van der Waals surface area contributed by atoms with E-state index in [1.807, 2.05) is 20.8 Å². The third kappa shape index (κ3) is 5.67. The highest BCUT2D eigenvalue weighted by atomic mass is 16.5. The second kappa shape index (κ2) is 3.65. The van der Waals surface area contributed by atoms with E-state index in [0.29, 0.717) is 0 Å². The van der Waals surface area contributed by atoms with Gasteiger partial charge in [-0.15, -0.1) is 0 Å². The molecule has 0 aromatic rings. The Balaban J connectivity index is 3.58. The number of ether oxygens (including phenoxy) is 1. The number of rotatable bonds is 3. The van der Waals surface area contributed by atoms with Gasteiger partial charge in [-0.2, -0.15) is 0 Å². The van der Waals surface area contributed by atoms with E-state index in [4.69, 9.17) is 4.74 Å². The minimum absolute atomic E-state index is 0.0771. The summed E-state index contributed by atoms with van der Waals surface area (Å²) in [6, 6.07) is 0. The molecule has 0 saturated carbocycles. The van der Waals surface area contributed by atoms with Crippen LogP contribution in [0.5, 0.6) is 0 Å². The van der Waals surface area contributed by atoms with Gasteiger partial charge in [0.25, 0.3) is 0 Å². The van der Waals surface area contributed by atoms with Crippen LogP contribution in [0.4, 0.5) is 0 Å². The molecule has 10 heavy (non-hydrogen) atoms. The van der Waals surface area contributed by atoms with Crippen molar-refractivity contribution in [3.8, 4) is 0 Å². The molecule has 0 unspecified atom stereocenters. The minimum atomic E-state index is -0.0771. The Morgan fingerprint density at radius 2 is 1.90 bits per heavy atom. The summed E-state index contributed by atoms with van der Waals surface area (Å²) in [7, 11) is 0. The van der Waals surface area contributed by atoms with Crippen LogP contribution in [0.15, 0.2) is 12.3 Å². The highest BCUT2D eigenvalue weighted by molar-refractivity contribution is 4.84. The summed E-state index contributed by atoms with van der Waals surface area (Å²) >= 11 is 0. The van der Waals surface area contributed by atoms with Crippen LogP contribution in [0.3, 0.4) is 0 Å². The lowest BCUT2D eigenvalue weighted by Gasteiger charge is -2.22. The van der Waals surface area contributed by atoms with Crippen LogP contribution in [-0.4, -0.2) is 5.60 Å². The van der Waals surface area contributed by atoms with Gasteiger partial charge in [-0.25, -0.2) is 0 Å². The van der Waals surface area contributed by atoms with Gasteiger partial charge in [0.15, 0.2) is 0 Å². The smallest absolute Gasteiger partial charge is 0.100 e. The molecule has 0 spiro atoms. The molecule has 0 rings (SSSR count). The first-order valence-electron chi connectivity index (χ1n) is 3.82. The second-order valence-corrected chi connectivity index (χ2v) is 3.50. The Morgan fingerprint density at radius 1 is 1.40 bits per heavy atom. The van der Waals surface area contributed by atoms with Crippen molar-refractivity contribution in [1.29, 1.82) is 0 Å². The van der Waals surface area contributed by atoms with Gasteiger partial charge in [-0.05, 0) is 27.2 Å². The first-order chi connectivity index (χ1) is 4.45. The van der Waals surface area contributed by atoms with Gasteiger partial charge in [0.1, 0.15) is 5.60 Å². The zero-order valence-corrected chi connectivity index (χ0v) is 7.53. The molecular weight excluding hydrogens is 124 g/mol. The maximum atomic E-state index is 5.48. The molecule has 1 nitrogen and oxygen atoms in total. The van der Waals surface area contributed by atoms with E-state index in [-0.39, 0.29) is 5.60 Å². The van der Waals surface area contributed by atoms with Crippen molar-refractivity contribution < 1.29 is 4.74 Å². The van der Waals surface area contributed by atoms with Crippen LogP contribution in [0.1, 0.15) is 40.5 Å². The summed E-state index contributed by atoms with van der Waals surface area (Å²) in [5.74, 6) is 0.898. The maximum Gasteiger partial charge on any atom is 0.100 e. The standard InChI is InChI=1S/C9H18O/c1-6-7-8(2)10-9(3,4)5/h2,6-7H2,1,3-5H3. The fourth-order valence-electron chi connectivity index (χ4n) is 0.763. The molecule has 0 radical (unpaired) electrons. The Morgan fingerprint density at radius 3 is 2.20 bits per heavy atom. The molecule has 0 saturated heterocycles. The van der Waals surface area contributed by atoms with Crippen LogP contribution < -0.4 is 0 Å². The van der Waals surface area contributed by atoms with E-state index < -0.39 is 0 Å². The third-order valence-electron chi connectivity index (χ3n) is 0.979. The van der Waals surface area contributed by atoms with E-state index in [2.05, 4.69) is 13.5 Å². The monoisotopic (exact) mass is 142 g/mol. The van der Waals surface area contributed by atoms with E-state index in [1.165, 1.54) is 0 Å². The van der Waals surface area contributed by atoms with E-state index in [9.17, 15) is 0 Å². The van der Waals surface area contributed by atoms with Crippen molar-refractivity contribution in [3.63, 3.8) is 0 Å². The summed E-state index contributed by atoms with van der Waals surface area (Å²) in [6.45, 7) is 12.0. The number of hydrogen-bond donors (Lipinski definition) is 0. The molecule has 60 valence electrons. The van der Waals surface area contributed by atoms with Crippen LogP contribution in [0, 0.1) is 0 Å². The zero-order valence-electron chi connectivity index (χ0n) is 7.53. The van der Waals surface area contributed by atoms with Gasteiger partial charge in [-0.1, -0.05) is 13.5 Å². The lowest BCUT2D eigenvalue weighted by Crippen LogP contribution is -2.18. The zero-order chi connectivity index (χ0) is 8.20. The molecule has 0 heterocycles. The first kappa shape index (κ1) is 9.54. The van der Waals surface area contributed by atoms with E-state index >= 15 is 0 Å². The largest absolute Gasteiger partial charge is 0.493 e. The molecule has 0 amide bonds. The SMILES string of the molecule is C=C(CCC)OC(C)(C)C. The molecular formula is C9H18O. The number of hydrogen-bond acceptors (Lipinski definition) is 1. The summed E-state index contributed by atoms with van der Waals surface area (Å²) in [6.07, 6.45) is 2.08. The van der Waals surface area contributed by atoms with Crippen LogP contribution in [-0.2, 0) is 4.74 Å². The van der Waals surface area contributed by atoms with Gasteiger partial charge < -0.3 is 4.74 Å². The summed E-state index contributed by atoms with van der Waals surface area (Å²) in [5, 5.41) is 0. The van der Waals surface area contributed by atoms with Crippen molar-refractivity contribution in [1.82, 2.24) is 0 Å². The highest BCUT2D eigenvalue weighted by Crippen LogP contribution is 2.15. The molecule has 0 N–H and O–H groups in total. The van der Waals surface area contributed by atoms with Crippen LogP contribution in [0.25, 0.3) is 0 Å². The second-order valence-electron chi connectivity index (χ2n) is 3.50. The Labute approximate surface area is 64.1 Å². The van der Waals surface area contributed by atoms with Crippen LogP contribution >= 0.6 is 0 Å². The number of allylic oxidation sites excluding steroid dienone is 1. The van der Waals surface area contributed by atoms with Gasteiger partial charge in [0, 0.05) is 6.42 Å². The van der Waals surface area contributed by atoms with Gasteiger partial charge >= 0.3 is 0 Å². The average molecular weight is 142 g/mol. The molecule has 0 aliphatic carbocycles. The summed E-state index contributed by atoms with van der Waals surface area (Å²) in [5.41, 5.74) is -0.0771. The normalized spacial score (nSPS) is 11.2. The maximum absolute atomic E-state index is 5.48. The fourth-order valence-corrected chi connectivity index (χ4v) is 0.763. The van der Waals surface area contributed by atoms with Crippen molar-refractivity contribution >= 4 is 0 Å². The minimum Gasteiger partial charge on any atom is -0.493 e. The summed E-state index contributed by atoms with van der Waals surface area (Å²) in [4.78, 5) is 0. The predicted molar refractivity (Wildman–Crippen MR) is 44.9 cm³/mol. The Bertz CT molecular complexity index is 108. The Hall–Kier alpha value is -0.460. The summed E-state index contributed by atoms with van der Waals surface area (Å²) < 4.78 is 5.48. The van der Waals surface area contributed by atoms with Crippen LogP contribution in [0.2, 0.25) is 0 Å². The lowest BCUT2D eigenvalue weighted by molar-refractivity contribution is 0.0477. The third-order valence-corrected chi connectivity index (χ3v) is 0.979. The average Bonchev–Trinajstić information content (AvgIpc) is 1.59. The first-order valence-corrected chi connectivity index (χ1v) is 3.82. The predicted octanol–water partition coefficient (Wildman–Crippen LogP) is 3.12. The van der Waals surface area contributed by atoms with E-state index in [1.54, 1.807) is 0 Å². The Kier molecular flexibility index (Phi) is 3.48. The highest BCUT2D eigenvalue weighted by Gasteiger charge is 2.11. The molecule has 0 aliphatic heterocycles. The molecule has 0 atom stereocenters. The molecule has 0 aromatic heterocycles. The van der Waals surface area contributed by atoms with Crippen molar-refractivity contribution in [3.05, 3.63) is 12.3 Å². The van der Waals surface area contributed by atoms with Gasteiger partial charge in [0.05, 0.1) is 5.76 Å². The van der Waals surface area contributed by atoms with Gasteiger partial charge in [0.2, 0.25) is 0 Å². The molecule has 0 bridgehead atoms. The van der Waals surface area contributed by atoms with Crippen molar-refractivity contribution in [2.75, 3.05) is 0 Å². The fraction of sp³-hybridized carbons (Fsp3) is 0.778. The lowest BCUT2D eigenvalue weighted by atomic mass is 10.2.